The van der Waals surface area contributed by atoms with E-state index in [-0.39, 0.29) is 12.4 Å². The maximum absolute atomic E-state index is 5.57. The van der Waals surface area contributed by atoms with Gasteiger partial charge >= 0.3 is 0 Å². The summed E-state index contributed by atoms with van der Waals surface area (Å²) in [4.78, 5) is 0. The SMILES string of the molecule is COc1cccc(-c2cccc(CCN)c2)c1.Cl. The summed E-state index contributed by atoms with van der Waals surface area (Å²) in [6.07, 6.45) is 0.914. The van der Waals surface area contributed by atoms with Crippen LogP contribution in [0, 0.1) is 0 Å². The molecule has 2 aromatic rings. The maximum atomic E-state index is 5.57. The normalized spacial score (nSPS) is 9.67. The lowest BCUT2D eigenvalue weighted by atomic mass is 10.0. The smallest absolute Gasteiger partial charge is 0.119 e. The first-order valence-corrected chi connectivity index (χ1v) is 5.77. The van der Waals surface area contributed by atoms with Gasteiger partial charge in [-0.25, -0.2) is 0 Å². The predicted octanol–water partition coefficient (Wildman–Crippen LogP) is 3.29. The van der Waals surface area contributed by atoms with Crippen LogP contribution < -0.4 is 10.5 Å². The van der Waals surface area contributed by atoms with Gasteiger partial charge in [0.2, 0.25) is 0 Å². The first-order valence-electron chi connectivity index (χ1n) is 5.77. The van der Waals surface area contributed by atoms with Gasteiger partial charge in [0.1, 0.15) is 5.75 Å². The minimum atomic E-state index is 0. The van der Waals surface area contributed by atoms with E-state index in [0.717, 1.165) is 12.2 Å². The highest BCUT2D eigenvalue weighted by Crippen LogP contribution is 2.24. The third-order valence-electron chi connectivity index (χ3n) is 2.76. The Hall–Kier alpha value is -1.51. The van der Waals surface area contributed by atoms with Crippen molar-refractivity contribution in [3.05, 3.63) is 54.1 Å². The number of methoxy groups -OCH3 is 1. The highest BCUT2D eigenvalue weighted by Gasteiger charge is 2.00. The zero-order valence-electron chi connectivity index (χ0n) is 10.4. The van der Waals surface area contributed by atoms with Crippen LogP contribution in [0.3, 0.4) is 0 Å². The van der Waals surface area contributed by atoms with E-state index >= 15 is 0 Å². The van der Waals surface area contributed by atoms with Gasteiger partial charge in [-0.3, -0.25) is 0 Å². The summed E-state index contributed by atoms with van der Waals surface area (Å²) in [5.74, 6) is 0.881. The fraction of sp³-hybridized carbons (Fsp3) is 0.200. The van der Waals surface area contributed by atoms with E-state index < -0.39 is 0 Å². The molecule has 0 saturated carbocycles. The summed E-state index contributed by atoms with van der Waals surface area (Å²) in [6, 6.07) is 16.6. The van der Waals surface area contributed by atoms with Gasteiger partial charge in [0.05, 0.1) is 7.11 Å². The van der Waals surface area contributed by atoms with Crippen molar-refractivity contribution in [3.8, 4) is 16.9 Å². The molecule has 0 aliphatic carbocycles. The number of nitrogens with two attached hydrogens (primary N) is 1. The monoisotopic (exact) mass is 263 g/mol. The van der Waals surface area contributed by atoms with Crippen molar-refractivity contribution < 1.29 is 4.74 Å². The quantitative estimate of drug-likeness (QED) is 0.919. The summed E-state index contributed by atoms with van der Waals surface area (Å²) < 4.78 is 5.23. The molecule has 3 heteroatoms. The molecule has 96 valence electrons. The Bertz CT molecular complexity index is 499. The molecule has 2 N–H and O–H groups in total. The van der Waals surface area contributed by atoms with Crippen molar-refractivity contribution >= 4 is 12.4 Å². The number of rotatable bonds is 4. The van der Waals surface area contributed by atoms with Crippen molar-refractivity contribution in [2.75, 3.05) is 13.7 Å². The van der Waals surface area contributed by atoms with Crippen molar-refractivity contribution in [3.63, 3.8) is 0 Å². The van der Waals surface area contributed by atoms with Crippen LogP contribution in [0.2, 0.25) is 0 Å². The molecule has 0 aliphatic rings. The van der Waals surface area contributed by atoms with Crippen LogP contribution in [0.15, 0.2) is 48.5 Å². The third kappa shape index (κ3) is 3.49. The van der Waals surface area contributed by atoms with Crippen LogP contribution >= 0.6 is 12.4 Å². The van der Waals surface area contributed by atoms with Crippen molar-refractivity contribution in [1.29, 1.82) is 0 Å². The van der Waals surface area contributed by atoms with Gasteiger partial charge in [0.15, 0.2) is 0 Å². The molecule has 0 radical (unpaired) electrons. The van der Waals surface area contributed by atoms with Gasteiger partial charge in [0, 0.05) is 0 Å². The second-order valence-corrected chi connectivity index (χ2v) is 3.97. The minimum Gasteiger partial charge on any atom is -0.497 e. The van der Waals surface area contributed by atoms with E-state index in [1.807, 2.05) is 18.2 Å². The molecule has 0 saturated heterocycles. The molecule has 2 nitrogen and oxygen atoms in total. The van der Waals surface area contributed by atoms with Gasteiger partial charge in [-0.05, 0) is 41.8 Å². The number of hydrogen-bond acceptors (Lipinski definition) is 2. The largest absolute Gasteiger partial charge is 0.497 e. The van der Waals surface area contributed by atoms with Crippen LogP contribution in [-0.2, 0) is 6.42 Å². The number of ether oxygens (including phenoxy) is 1. The summed E-state index contributed by atoms with van der Waals surface area (Å²) in [5, 5.41) is 0. The molecule has 0 fully saturated rings. The van der Waals surface area contributed by atoms with E-state index in [4.69, 9.17) is 10.5 Å². The highest BCUT2D eigenvalue weighted by atomic mass is 35.5. The van der Waals surface area contributed by atoms with Gasteiger partial charge in [-0.2, -0.15) is 0 Å². The Morgan fingerprint density at radius 1 is 1.00 bits per heavy atom. The van der Waals surface area contributed by atoms with Gasteiger partial charge < -0.3 is 10.5 Å². The molecular weight excluding hydrogens is 246 g/mol. The first-order chi connectivity index (χ1) is 8.33. The summed E-state index contributed by atoms with van der Waals surface area (Å²) in [5.41, 5.74) is 9.22. The van der Waals surface area contributed by atoms with Crippen LogP contribution in [0.25, 0.3) is 11.1 Å². The van der Waals surface area contributed by atoms with E-state index in [1.165, 1.54) is 16.7 Å². The highest BCUT2D eigenvalue weighted by molar-refractivity contribution is 5.85. The molecule has 0 heterocycles. The molecule has 2 rings (SSSR count). The Balaban J connectivity index is 0.00000162. The molecule has 0 atom stereocenters. The van der Waals surface area contributed by atoms with Crippen LogP contribution in [0.5, 0.6) is 5.75 Å². The van der Waals surface area contributed by atoms with Gasteiger partial charge in [-0.15, -0.1) is 12.4 Å². The van der Waals surface area contributed by atoms with E-state index in [1.54, 1.807) is 7.11 Å². The fourth-order valence-corrected chi connectivity index (χ4v) is 1.88. The molecule has 0 aliphatic heterocycles. The molecule has 0 unspecified atom stereocenters. The van der Waals surface area contributed by atoms with E-state index in [2.05, 4.69) is 30.3 Å². The van der Waals surface area contributed by atoms with Crippen LogP contribution in [0.4, 0.5) is 0 Å². The van der Waals surface area contributed by atoms with Crippen molar-refractivity contribution in [1.82, 2.24) is 0 Å². The molecule has 0 bridgehead atoms. The Morgan fingerprint density at radius 2 is 1.67 bits per heavy atom. The van der Waals surface area contributed by atoms with Crippen LogP contribution in [-0.4, -0.2) is 13.7 Å². The standard InChI is InChI=1S/C15H17NO.ClH/c1-17-15-7-3-6-14(11-15)13-5-2-4-12(10-13)8-9-16;/h2-7,10-11H,8-9,16H2,1H3;1H. The number of hydrogen-bond donors (Lipinski definition) is 1. The van der Waals surface area contributed by atoms with E-state index in [0.29, 0.717) is 6.54 Å². The minimum absolute atomic E-state index is 0. The summed E-state index contributed by atoms with van der Waals surface area (Å²) in [6.45, 7) is 0.682. The lowest BCUT2D eigenvalue weighted by molar-refractivity contribution is 0.415. The topological polar surface area (TPSA) is 35.2 Å². The zero-order valence-corrected chi connectivity index (χ0v) is 11.2. The van der Waals surface area contributed by atoms with Crippen molar-refractivity contribution in [2.45, 2.75) is 6.42 Å². The average molecular weight is 264 g/mol. The average Bonchev–Trinajstić information content (AvgIpc) is 2.40. The lowest BCUT2D eigenvalue weighted by Gasteiger charge is -2.06. The molecule has 0 amide bonds. The fourth-order valence-electron chi connectivity index (χ4n) is 1.88. The van der Waals surface area contributed by atoms with Gasteiger partial charge in [0.25, 0.3) is 0 Å². The second kappa shape index (κ2) is 7.04. The number of benzene rings is 2. The molecule has 0 aromatic heterocycles. The first kappa shape index (κ1) is 14.6. The molecule has 0 spiro atoms. The number of halogens is 1. The predicted molar refractivity (Wildman–Crippen MR) is 78.4 cm³/mol. The molecular formula is C15H18ClNO. The van der Waals surface area contributed by atoms with E-state index in [9.17, 15) is 0 Å². The van der Waals surface area contributed by atoms with Crippen LogP contribution in [0.1, 0.15) is 5.56 Å². The van der Waals surface area contributed by atoms with Crippen molar-refractivity contribution in [2.24, 2.45) is 5.73 Å². The molecule has 18 heavy (non-hydrogen) atoms. The third-order valence-corrected chi connectivity index (χ3v) is 2.76. The lowest BCUT2D eigenvalue weighted by Crippen LogP contribution is -2.02. The Morgan fingerprint density at radius 3 is 2.33 bits per heavy atom. The molecule has 2 aromatic carbocycles. The zero-order chi connectivity index (χ0) is 12.1. The Labute approximate surface area is 114 Å². The summed E-state index contributed by atoms with van der Waals surface area (Å²) in [7, 11) is 1.68. The summed E-state index contributed by atoms with van der Waals surface area (Å²) >= 11 is 0. The Kier molecular flexibility index (Phi) is 5.69. The van der Waals surface area contributed by atoms with Gasteiger partial charge in [-0.1, -0.05) is 36.4 Å². The second-order valence-electron chi connectivity index (χ2n) is 3.97. The maximum Gasteiger partial charge on any atom is 0.119 e.